The van der Waals surface area contributed by atoms with E-state index in [4.69, 9.17) is 0 Å². The van der Waals surface area contributed by atoms with Crippen molar-refractivity contribution in [3.05, 3.63) is 0 Å². The van der Waals surface area contributed by atoms with Crippen LogP contribution in [0.5, 0.6) is 0 Å². The summed E-state index contributed by atoms with van der Waals surface area (Å²) in [6, 6.07) is 1.34. The smallest absolute Gasteiger partial charge is 0.0269 e. The van der Waals surface area contributed by atoms with Crippen molar-refractivity contribution < 1.29 is 0 Å². The Balaban J connectivity index is 2.63. The van der Waals surface area contributed by atoms with Crippen LogP contribution < -0.4 is 5.32 Å². The SMILES string of the molecule is CCN1CC(C)NCC1C(C)(C)C. The number of rotatable bonds is 1. The quantitative estimate of drug-likeness (QED) is 0.667. The lowest BCUT2D eigenvalue weighted by Gasteiger charge is -2.45. The van der Waals surface area contributed by atoms with Gasteiger partial charge in [0.2, 0.25) is 0 Å². The van der Waals surface area contributed by atoms with Crippen LogP contribution in [0.1, 0.15) is 34.6 Å². The Morgan fingerprint density at radius 1 is 1.38 bits per heavy atom. The first-order valence-corrected chi connectivity index (χ1v) is 5.42. The summed E-state index contributed by atoms with van der Waals surface area (Å²) in [5, 5.41) is 3.56. The summed E-state index contributed by atoms with van der Waals surface area (Å²) in [4.78, 5) is 2.60. The standard InChI is InChI=1S/C11H24N2/c1-6-13-8-9(2)12-7-10(13)11(3,4)5/h9-10,12H,6-8H2,1-5H3. The van der Waals surface area contributed by atoms with Crippen molar-refractivity contribution in [3.63, 3.8) is 0 Å². The summed E-state index contributed by atoms with van der Waals surface area (Å²) >= 11 is 0. The molecular formula is C11H24N2. The van der Waals surface area contributed by atoms with Gasteiger partial charge in [0.05, 0.1) is 0 Å². The third-order valence-corrected chi connectivity index (χ3v) is 3.01. The molecule has 1 saturated heterocycles. The molecule has 0 radical (unpaired) electrons. The second-order valence-electron chi connectivity index (χ2n) is 5.28. The molecule has 1 N–H and O–H groups in total. The van der Waals surface area contributed by atoms with Crippen LogP contribution in [-0.2, 0) is 0 Å². The molecule has 0 saturated carbocycles. The molecule has 2 unspecified atom stereocenters. The second kappa shape index (κ2) is 3.97. The highest BCUT2D eigenvalue weighted by Crippen LogP contribution is 2.25. The topological polar surface area (TPSA) is 15.3 Å². The van der Waals surface area contributed by atoms with E-state index < -0.39 is 0 Å². The maximum absolute atomic E-state index is 3.56. The lowest BCUT2D eigenvalue weighted by Crippen LogP contribution is -2.59. The fourth-order valence-electron chi connectivity index (χ4n) is 2.19. The summed E-state index contributed by atoms with van der Waals surface area (Å²) < 4.78 is 0. The number of nitrogens with zero attached hydrogens (tertiary/aromatic N) is 1. The minimum absolute atomic E-state index is 0.392. The molecule has 1 fully saturated rings. The van der Waals surface area contributed by atoms with E-state index in [2.05, 4.69) is 44.8 Å². The summed E-state index contributed by atoms with van der Waals surface area (Å²) in [5.41, 5.74) is 0.392. The number of nitrogens with one attached hydrogen (secondary N) is 1. The Hall–Kier alpha value is -0.0800. The summed E-state index contributed by atoms with van der Waals surface area (Å²) in [7, 11) is 0. The molecule has 13 heavy (non-hydrogen) atoms. The predicted molar refractivity (Wildman–Crippen MR) is 58.0 cm³/mol. The molecule has 1 heterocycles. The molecule has 0 aliphatic carbocycles. The Kier molecular flexibility index (Phi) is 3.36. The molecule has 1 aliphatic heterocycles. The third-order valence-electron chi connectivity index (χ3n) is 3.01. The van der Waals surface area contributed by atoms with Gasteiger partial charge in [-0.3, -0.25) is 4.90 Å². The lowest BCUT2D eigenvalue weighted by molar-refractivity contribution is 0.0639. The number of piperazine rings is 1. The summed E-state index contributed by atoms with van der Waals surface area (Å²) in [6.07, 6.45) is 0. The molecule has 0 spiro atoms. The molecule has 2 nitrogen and oxygen atoms in total. The van der Waals surface area contributed by atoms with Gasteiger partial charge in [-0.15, -0.1) is 0 Å². The number of likely N-dealkylation sites (N-methyl/N-ethyl adjacent to an activating group) is 1. The van der Waals surface area contributed by atoms with Crippen molar-refractivity contribution in [1.29, 1.82) is 0 Å². The first-order valence-electron chi connectivity index (χ1n) is 5.42. The maximum atomic E-state index is 3.56. The van der Waals surface area contributed by atoms with Gasteiger partial charge in [0.25, 0.3) is 0 Å². The monoisotopic (exact) mass is 184 g/mol. The predicted octanol–water partition coefficient (Wildman–Crippen LogP) is 1.71. The zero-order chi connectivity index (χ0) is 10.1. The Labute approximate surface area is 82.7 Å². The van der Waals surface area contributed by atoms with Crippen molar-refractivity contribution >= 4 is 0 Å². The number of hydrogen-bond acceptors (Lipinski definition) is 2. The van der Waals surface area contributed by atoms with Crippen LogP contribution in [-0.4, -0.2) is 36.6 Å². The van der Waals surface area contributed by atoms with E-state index in [1.54, 1.807) is 0 Å². The second-order valence-corrected chi connectivity index (χ2v) is 5.28. The highest BCUT2D eigenvalue weighted by molar-refractivity contribution is 4.90. The van der Waals surface area contributed by atoms with E-state index in [9.17, 15) is 0 Å². The molecule has 0 aromatic rings. The fraction of sp³-hybridized carbons (Fsp3) is 1.00. The van der Waals surface area contributed by atoms with Crippen LogP contribution in [0.25, 0.3) is 0 Å². The van der Waals surface area contributed by atoms with Crippen molar-refractivity contribution in [1.82, 2.24) is 10.2 Å². The maximum Gasteiger partial charge on any atom is 0.0269 e. The molecule has 1 rings (SSSR count). The van der Waals surface area contributed by atoms with E-state index in [1.165, 1.54) is 13.1 Å². The van der Waals surface area contributed by atoms with Crippen LogP contribution in [0.3, 0.4) is 0 Å². The first kappa shape index (κ1) is 11.0. The molecule has 1 aliphatic rings. The van der Waals surface area contributed by atoms with Gasteiger partial charge in [0.15, 0.2) is 0 Å². The highest BCUT2D eigenvalue weighted by Gasteiger charge is 2.33. The Bertz CT molecular complexity index is 160. The van der Waals surface area contributed by atoms with Gasteiger partial charge >= 0.3 is 0 Å². The van der Waals surface area contributed by atoms with Crippen molar-refractivity contribution in [2.75, 3.05) is 19.6 Å². The molecule has 0 amide bonds. The van der Waals surface area contributed by atoms with Crippen LogP contribution >= 0.6 is 0 Å². The molecular weight excluding hydrogens is 160 g/mol. The summed E-state index contributed by atoms with van der Waals surface area (Å²) in [6.45, 7) is 15.0. The minimum Gasteiger partial charge on any atom is -0.311 e. The minimum atomic E-state index is 0.392. The van der Waals surface area contributed by atoms with E-state index in [-0.39, 0.29) is 0 Å². The van der Waals surface area contributed by atoms with Crippen molar-refractivity contribution in [3.8, 4) is 0 Å². The molecule has 0 bridgehead atoms. The van der Waals surface area contributed by atoms with Gasteiger partial charge in [-0.25, -0.2) is 0 Å². The van der Waals surface area contributed by atoms with Crippen molar-refractivity contribution in [2.45, 2.75) is 46.7 Å². The largest absolute Gasteiger partial charge is 0.311 e. The van der Waals surface area contributed by atoms with Gasteiger partial charge < -0.3 is 5.32 Å². The molecule has 2 atom stereocenters. The van der Waals surface area contributed by atoms with Gasteiger partial charge in [-0.05, 0) is 18.9 Å². The lowest BCUT2D eigenvalue weighted by atomic mass is 9.84. The summed E-state index contributed by atoms with van der Waals surface area (Å²) in [5.74, 6) is 0. The molecule has 78 valence electrons. The van der Waals surface area contributed by atoms with Crippen LogP contribution in [0.2, 0.25) is 0 Å². The highest BCUT2D eigenvalue weighted by atomic mass is 15.2. The number of hydrogen-bond donors (Lipinski definition) is 1. The van der Waals surface area contributed by atoms with Crippen LogP contribution in [0.15, 0.2) is 0 Å². The zero-order valence-corrected chi connectivity index (χ0v) is 9.72. The van der Waals surface area contributed by atoms with E-state index >= 15 is 0 Å². The van der Waals surface area contributed by atoms with Gasteiger partial charge in [-0.1, -0.05) is 27.7 Å². The third kappa shape index (κ3) is 2.68. The van der Waals surface area contributed by atoms with E-state index in [0.29, 0.717) is 17.5 Å². The Morgan fingerprint density at radius 2 is 2.00 bits per heavy atom. The first-order chi connectivity index (χ1) is 5.95. The Morgan fingerprint density at radius 3 is 2.46 bits per heavy atom. The average Bonchev–Trinajstić information content (AvgIpc) is 2.01. The zero-order valence-electron chi connectivity index (χ0n) is 9.72. The molecule has 2 heteroatoms. The molecule has 0 aromatic carbocycles. The van der Waals surface area contributed by atoms with Crippen LogP contribution in [0, 0.1) is 5.41 Å². The fourth-order valence-corrected chi connectivity index (χ4v) is 2.19. The van der Waals surface area contributed by atoms with Crippen LogP contribution in [0.4, 0.5) is 0 Å². The normalized spacial score (nSPS) is 32.1. The van der Waals surface area contributed by atoms with Gasteiger partial charge in [0.1, 0.15) is 0 Å². The molecule has 0 aromatic heterocycles. The van der Waals surface area contributed by atoms with Crippen molar-refractivity contribution in [2.24, 2.45) is 5.41 Å². The van der Waals surface area contributed by atoms with E-state index in [1.807, 2.05) is 0 Å². The van der Waals surface area contributed by atoms with Gasteiger partial charge in [-0.2, -0.15) is 0 Å². The van der Waals surface area contributed by atoms with E-state index in [0.717, 1.165) is 6.54 Å². The average molecular weight is 184 g/mol. The van der Waals surface area contributed by atoms with Gasteiger partial charge in [0, 0.05) is 25.2 Å².